The van der Waals surface area contributed by atoms with E-state index in [9.17, 15) is 19.9 Å². The highest BCUT2D eigenvalue weighted by Gasteiger charge is 2.44. The van der Waals surface area contributed by atoms with Gasteiger partial charge in [0.25, 0.3) is 0 Å². The van der Waals surface area contributed by atoms with Gasteiger partial charge in [-0.15, -0.1) is 0 Å². The lowest BCUT2D eigenvalue weighted by molar-refractivity contribution is -0.296. The summed E-state index contributed by atoms with van der Waals surface area (Å²) in [5.74, 6) is 0. The van der Waals surface area contributed by atoms with Crippen molar-refractivity contribution in [2.75, 3.05) is 19.3 Å². The quantitative estimate of drug-likeness (QED) is 0.287. The molecule has 0 bridgehead atoms. The van der Waals surface area contributed by atoms with Gasteiger partial charge >= 0.3 is 7.60 Å². The van der Waals surface area contributed by atoms with Crippen molar-refractivity contribution in [3.63, 3.8) is 0 Å². The minimum atomic E-state index is -4.23. The van der Waals surface area contributed by atoms with Crippen molar-refractivity contribution in [3.05, 3.63) is 0 Å². The number of hydrogen-bond acceptors (Lipinski definition) is 7. The minimum Gasteiger partial charge on any atom is -0.388 e. The van der Waals surface area contributed by atoms with Gasteiger partial charge < -0.3 is 40.3 Å². The molecule has 0 aliphatic carbocycles. The smallest absolute Gasteiger partial charge is 0.325 e. The van der Waals surface area contributed by atoms with Crippen molar-refractivity contribution in [1.82, 2.24) is 0 Å². The van der Waals surface area contributed by atoms with Crippen molar-refractivity contribution in [2.45, 2.75) is 37.1 Å². The van der Waals surface area contributed by atoms with Crippen LogP contribution in [0.1, 0.15) is 6.42 Å². The second-order valence-electron chi connectivity index (χ2n) is 4.35. The lowest BCUT2D eigenvalue weighted by Gasteiger charge is -2.40. The fraction of sp³-hybridized carbons (Fsp3) is 1.00. The Morgan fingerprint density at radius 3 is 2.32 bits per heavy atom. The van der Waals surface area contributed by atoms with Crippen LogP contribution < -0.4 is 5.73 Å². The molecular formula is C9H20NO8P. The van der Waals surface area contributed by atoms with Gasteiger partial charge in [-0.1, -0.05) is 0 Å². The summed E-state index contributed by atoms with van der Waals surface area (Å²) in [6.45, 7) is 0.258. The Labute approximate surface area is 110 Å². The maximum absolute atomic E-state index is 10.8. The van der Waals surface area contributed by atoms with Crippen LogP contribution in [0.25, 0.3) is 0 Å². The van der Waals surface area contributed by atoms with Gasteiger partial charge in [-0.3, -0.25) is 4.57 Å². The molecule has 1 aliphatic heterocycles. The molecule has 1 fully saturated rings. The molecule has 0 radical (unpaired) electrons. The van der Waals surface area contributed by atoms with Gasteiger partial charge in [0, 0.05) is 6.54 Å². The fourth-order valence-corrected chi connectivity index (χ4v) is 2.36. The summed E-state index contributed by atoms with van der Waals surface area (Å²) in [6.07, 6.45) is -7.30. The summed E-state index contributed by atoms with van der Waals surface area (Å²) in [5, 5.41) is 28.9. The second-order valence-corrected chi connectivity index (χ2v) is 6.13. The highest BCUT2D eigenvalue weighted by atomic mass is 31.2. The molecule has 7 N–H and O–H groups in total. The van der Waals surface area contributed by atoms with E-state index in [4.69, 9.17) is 25.0 Å². The average molecular weight is 301 g/mol. The Morgan fingerprint density at radius 2 is 1.79 bits per heavy atom. The average Bonchev–Trinajstić information content (AvgIpc) is 2.33. The van der Waals surface area contributed by atoms with Crippen LogP contribution >= 0.6 is 7.60 Å². The molecule has 5 unspecified atom stereocenters. The van der Waals surface area contributed by atoms with Crippen LogP contribution in [0, 0.1) is 0 Å². The first-order valence-electron chi connectivity index (χ1n) is 5.82. The highest BCUT2D eigenvalue weighted by molar-refractivity contribution is 7.51. The molecule has 0 aromatic carbocycles. The first-order chi connectivity index (χ1) is 8.76. The van der Waals surface area contributed by atoms with Gasteiger partial charge in [0.15, 0.2) is 6.29 Å². The van der Waals surface area contributed by atoms with Crippen molar-refractivity contribution in [1.29, 1.82) is 0 Å². The Bertz CT molecular complexity index is 323. The molecule has 5 atom stereocenters. The van der Waals surface area contributed by atoms with Gasteiger partial charge in [0.05, 0.1) is 18.9 Å². The van der Waals surface area contributed by atoms with Crippen LogP contribution in [-0.4, -0.2) is 75.1 Å². The van der Waals surface area contributed by atoms with E-state index in [0.717, 1.165) is 0 Å². The first-order valence-corrected chi connectivity index (χ1v) is 7.62. The van der Waals surface area contributed by atoms with Crippen LogP contribution in [0.15, 0.2) is 0 Å². The van der Waals surface area contributed by atoms with Crippen LogP contribution in [0.5, 0.6) is 0 Å². The zero-order chi connectivity index (χ0) is 14.6. The standard InChI is InChI=1S/C9H20NO8P/c10-2-3-17-9-8(13)7(12)6(11)5(18-9)1-4-19(14,15)16/h5-9,11-13H,1-4,10H2,(H2,14,15,16). The van der Waals surface area contributed by atoms with Gasteiger partial charge in [-0.2, -0.15) is 0 Å². The number of nitrogens with two attached hydrogens (primary N) is 1. The summed E-state index contributed by atoms with van der Waals surface area (Å²) < 4.78 is 21.0. The molecule has 0 aromatic heterocycles. The number of rotatable bonds is 6. The lowest BCUT2D eigenvalue weighted by Crippen LogP contribution is -2.58. The molecular weight excluding hydrogens is 281 g/mol. The maximum atomic E-state index is 10.8. The Morgan fingerprint density at radius 1 is 1.16 bits per heavy atom. The molecule has 1 rings (SSSR count). The third-order valence-corrected chi connectivity index (χ3v) is 3.61. The van der Waals surface area contributed by atoms with E-state index >= 15 is 0 Å². The molecule has 10 heteroatoms. The van der Waals surface area contributed by atoms with Gasteiger partial charge in [0.2, 0.25) is 0 Å². The summed E-state index contributed by atoms with van der Waals surface area (Å²) in [7, 11) is -4.23. The Kier molecular flexibility index (Phi) is 6.31. The fourth-order valence-electron chi connectivity index (χ4n) is 1.77. The maximum Gasteiger partial charge on any atom is 0.325 e. The van der Waals surface area contributed by atoms with Crippen LogP contribution in [-0.2, 0) is 14.0 Å². The molecule has 0 spiro atoms. The van der Waals surface area contributed by atoms with Gasteiger partial charge in [-0.05, 0) is 6.42 Å². The van der Waals surface area contributed by atoms with E-state index in [1.54, 1.807) is 0 Å². The van der Waals surface area contributed by atoms with Crippen molar-refractivity contribution >= 4 is 7.60 Å². The van der Waals surface area contributed by atoms with Crippen molar-refractivity contribution in [2.24, 2.45) is 5.73 Å². The van der Waals surface area contributed by atoms with E-state index in [2.05, 4.69) is 0 Å². The van der Waals surface area contributed by atoms with Gasteiger partial charge in [0.1, 0.15) is 18.3 Å². The third kappa shape index (κ3) is 5.07. The highest BCUT2D eigenvalue weighted by Crippen LogP contribution is 2.37. The number of aliphatic hydroxyl groups excluding tert-OH is 3. The molecule has 1 aliphatic rings. The predicted molar refractivity (Wildman–Crippen MR) is 63.2 cm³/mol. The summed E-state index contributed by atoms with van der Waals surface area (Å²) in [6, 6.07) is 0. The van der Waals surface area contributed by atoms with E-state index < -0.39 is 44.5 Å². The second kappa shape index (κ2) is 7.07. The summed E-state index contributed by atoms with van der Waals surface area (Å²) in [5.41, 5.74) is 5.23. The Hall–Kier alpha value is -0.0900. The van der Waals surface area contributed by atoms with Crippen LogP contribution in [0.2, 0.25) is 0 Å². The Balaban J connectivity index is 2.62. The monoisotopic (exact) mass is 301 g/mol. The van der Waals surface area contributed by atoms with Gasteiger partial charge in [-0.25, -0.2) is 0 Å². The minimum absolute atomic E-state index is 0.0791. The molecule has 9 nitrogen and oxygen atoms in total. The number of aliphatic hydroxyl groups is 3. The van der Waals surface area contributed by atoms with E-state index in [0.29, 0.717) is 0 Å². The largest absolute Gasteiger partial charge is 0.388 e. The zero-order valence-corrected chi connectivity index (χ0v) is 11.1. The molecule has 1 saturated heterocycles. The SMILES string of the molecule is NCCOC1OC(CCP(=O)(O)O)C(O)C(O)C1O. The molecule has 114 valence electrons. The summed E-state index contributed by atoms with van der Waals surface area (Å²) >= 11 is 0. The van der Waals surface area contributed by atoms with E-state index in [1.165, 1.54) is 0 Å². The van der Waals surface area contributed by atoms with Crippen molar-refractivity contribution in [3.8, 4) is 0 Å². The lowest BCUT2D eigenvalue weighted by atomic mass is 9.97. The zero-order valence-electron chi connectivity index (χ0n) is 10.2. The van der Waals surface area contributed by atoms with E-state index in [-0.39, 0.29) is 19.6 Å². The van der Waals surface area contributed by atoms with Crippen LogP contribution in [0.3, 0.4) is 0 Å². The molecule has 0 amide bonds. The summed E-state index contributed by atoms with van der Waals surface area (Å²) in [4.78, 5) is 17.5. The first kappa shape index (κ1) is 17.0. The molecule has 0 saturated carbocycles. The molecule has 19 heavy (non-hydrogen) atoms. The molecule has 0 aromatic rings. The molecule has 1 heterocycles. The topological polar surface area (TPSA) is 163 Å². The third-order valence-electron chi connectivity index (χ3n) is 2.77. The number of ether oxygens (including phenoxy) is 2. The predicted octanol–water partition coefficient (Wildman–Crippen LogP) is -2.66. The number of hydrogen-bond donors (Lipinski definition) is 6. The van der Waals surface area contributed by atoms with Crippen LogP contribution in [0.4, 0.5) is 0 Å². The normalized spacial score (nSPS) is 36.4. The van der Waals surface area contributed by atoms with Crippen molar-refractivity contribution < 1.29 is 39.1 Å². The van der Waals surface area contributed by atoms with E-state index in [1.807, 2.05) is 0 Å².